The summed E-state index contributed by atoms with van der Waals surface area (Å²) in [6.45, 7) is 2.66. The van der Waals surface area contributed by atoms with E-state index in [2.05, 4.69) is 0 Å². The Hall–Kier alpha value is -2.49. The molecule has 1 amide bonds. The second kappa shape index (κ2) is 7.39. The van der Waals surface area contributed by atoms with Crippen LogP contribution < -0.4 is 9.47 Å². The third-order valence-electron chi connectivity index (χ3n) is 4.17. The van der Waals surface area contributed by atoms with E-state index in [1.807, 2.05) is 60.4 Å². The molecule has 1 fully saturated rings. The van der Waals surface area contributed by atoms with Crippen molar-refractivity contribution in [1.29, 1.82) is 0 Å². The van der Waals surface area contributed by atoms with E-state index >= 15 is 0 Å². The minimum atomic E-state index is 0.0176. The molecule has 2 aromatic carbocycles. The van der Waals surface area contributed by atoms with E-state index in [0.717, 1.165) is 24.0 Å². The third kappa shape index (κ3) is 4.07. The van der Waals surface area contributed by atoms with E-state index in [-0.39, 0.29) is 12.5 Å². The minimum absolute atomic E-state index is 0.0176. The second-order valence-electron chi connectivity index (χ2n) is 6.18. The Bertz CT molecular complexity index is 695. The molecule has 0 saturated heterocycles. The average Bonchev–Trinajstić information content (AvgIpc) is 3.44. The number of carbonyl (C=O) groups is 1. The zero-order chi connectivity index (χ0) is 16.9. The first-order valence-corrected chi connectivity index (χ1v) is 8.28. The lowest BCUT2D eigenvalue weighted by Gasteiger charge is -2.23. The molecular formula is C20H23NO3. The average molecular weight is 325 g/mol. The minimum Gasteiger partial charge on any atom is -0.493 e. The summed E-state index contributed by atoms with van der Waals surface area (Å²) in [4.78, 5) is 14.6. The van der Waals surface area contributed by atoms with Crippen molar-refractivity contribution in [2.24, 2.45) is 0 Å². The van der Waals surface area contributed by atoms with Crippen LogP contribution in [0.5, 0.6) is 11.5 Å². The van der Waals surface area contributed by atoms with Gasteiger partial charge in [-0.3, -0.25) is 4.79 Å². The van der Waals surface area contributed by atoms with Gasteiger partial charge in [0.25, 0.3) is 5.91 Å². The molecule has 0 radical (unpaired) electrons. The number of methoxy groups -OCH3 is 1. The molecular weight excluding hydrogens is 302 g/mol. The number of aryl methyl sites for hydroxylation is 1. The maximum Gasteiger partial charge on any atom is 0.261 e. The van der Waals surface area contributed by atoms with Crippen LogP contribution in [-0.2, 0) is 11.3 Å². The Morgan fingerprint density at radius 1 is 1.12 bits per heavy atom. The van der Waals surface area contributed by atoms with Crippen LogP contribution in [0.15, 0.2) is 48.5 Å². The molecule has 0 bridgehead atoms. The highest BCUT2D eigenvalue weighted by molar-refractivity contribution is 5.78. The van der Waals surface area contributed by atoms with Gasteiger partial charge in [-0.1, -0.05) is 36.4 Å². The topological polar surface area (TPSA) is 38.8 Å². The molecule has 24 heavy (non-hydrogen) atoms. The van der Waals surface area contributed by atoms with Gasteiger partial charge in [-0.05, 0) is 43.0 Å². The molecule has 1 aliphatic rings. The van der Waals surface area contributed by atoms with Crippen LogP contribution >= 0.6 is 0 Å². The van der Waals surface area contributed by atoms with Crippen LogP contribution in [-0.4, -0.2) is 30.6 Å². The van der Waals surface area contributed by atoms with E-state index in [1.165, 1.54) is 0 Å². The molecule has 0 N–H and O–H groups in total. The van der Waals surface area contributed by atoms with Crippen molar-refractivity contribution < 1.29 is 14.3 Å². The molecule has 1 saturated carbocycles. The second-order valence-corrected chi connectivity index (χ2v) is 6.18. The van der Waals surface area contributed by atoms with Crippen molar-refractivity contribution in [3.05, 3.63) is 59.7 Å². The number of hydrogen-bond acceptors (Lipinski definition) is 3. The summed E-state index contributed by atoms with van der Waals surface area (Å²) in [6.07, 6.45) is 2.15. The van der Waals surface area contributed by atoms with Crippen molar-refractivity contribution in [1.82, 2.24) is 4.90 Å². The number of hydrogen-bond donors (Lipinski definition) is 0. The van der Waals surface area contributed by atoms with Crippen LogP contribution in [0.4, 0.5) is 0 Å². The number of benzene rings is 2. The summed E-state index contributed by atoms with van der Waals surface area (Å²) in [5.74, 6) is 1.28. The smallest absolute Gasteiger partial charge is 0.261 e. The summed E-state index contributed by atoms with van der Waals surface area (Å²) in [5.41, 5.74) is 2.24. The SMILES string of the molecule is COc1cc(C)ccc1OCC(=O)N(Cc1ccccc1)C1CC1. The van der Waals surface area contributed by atoms with Gasteiger partial charge in [-0.15, -0.1) is 0 Å². The van der Waals surface area contributed by atoms with Crippen LogP contribution in [0.3, 0.4) is 0 Å². The van der Waals surface area contributed by atoms with Crippen molar-refractivity contribution in [3.63, 3.8) is 0 Å². The quantitative estimate of drug-likeness (QED) is 0.781. The molecule has 0 aliphatic heterocycles. The molecule has 126 valence electrons. The monoisotopic (exact) mass is 325 g/mol. The Kier molecular flexibility index (Phi) is 5.04. The lowest BCUT2D eigenvalue weighted by atomic mass is 10.2. The van der Waals surface area contributed by atoms with Crippen LogP contribution in [0.1, 0.15) is 24.0 Å². The van der Waals surface area contributed by atoms with E-state index in [4.69, 9.17) is 9.47 Å². The largest absolute Gasteiger partial charge is 0.493 e. The first kappa shape index (κ1) is 16.4. The Labute approximate surface area is 143 Å². The van der Waals surface area contributed by atoms with Gasteiger partial charge in [0.1, 0.15) is 0 Å². The van der Waals surface area contributed by atoms with E-state index in [0.29, 0.717) is 24.1 Å². The lowest BCUT2D eigenvalue weighted by Crippen LogP contribution is -2.36. The van der Waals surface area contributed by atoms with Gasteiger partial charge in [0.2, 0.25) is 0 Å². The summed E-state index contributed by atoms with van der Waals surface area (Å²) in [6, 6.07) is 16.1. The predicted molar refractivity (Wildman–Crippen MR) is 93.2 cm³/mol. The highest BCUT2D eigenvalue weighted by Crippen LogP contribution is 2.30. The molecule has 0 heterocycles. The molecule has 0 atom stereocenters. The first-order valence-electron chi connectivity index (χ1n) is 8.28. The van der Waals surface area contributed by atoms with Crippen LogP contribution in [0, 0.1) is 6.92 Å². The fourth-order valence-corrected chi connectivity index (χ4v) is 2.70. The van der Waals surface area contributed by atoms with Crippen molar-refractivity contribution in [3.8, 4) is 11.5 Å². The molecule has 0 spiro atoms. The van der Waals surface area contributed by atoms with E-state index in [9.17, 15) is 4.79 Å². The summed E-state index contributed by atoms with van der Waals surface area (Å²) in [5, 5.41) is 0. The summed E-state index contributed by atoms with van der Waals surface area (Å²) >= 11 is 0. The third-order valence-corrected chi connectivity index (χ3v) is 4.17. The fourth-order valence-electron chi connectivity index (χ4n) is 2.70. The van der Waals surface area contributed by atoms with Gasteiger partial charge in [0, 0.05) is 12.6 Å². The van der Waals surface area contributed by atoms with Crippen LogP contribution in [0.25, 0.3) is 0 Å². The number of nitrogens with zero attached hydrogens (tertiary/aromatic N) is 1. The molecule has 4 nitrogen and oxygen atoms in total. The standard InChI is InChI=1S/C20H23NO3/c1-15-8-11-18(19(12-15)23-2)24-14-20(22)21(17-9-10-17)13-16-6-4-3-5-7-16/h3-8,11-12,17H,9-10,13-14H2,1-2H3. The number of rotatable bonds is 7. The Balaban J connectivity index is 1.64. The number of carbonyl (C=O) groups excluding carboxylic acids is 1. The number of amides is 1. The van der Waals surface area contributed by atoms with Crippen molar-refractivity contribution in [2.45, 2.75) is 32.4 Å². The molecule has 1 aliphatic carbocycles. The zero-order valence-corrected chi connectivity index (χ0v) is 14.2. The van der Waals surface area contributed by atoms with Crippen molar-refractivity contribution >= 4 is 5.91 Å². The molecule has 0 aromatic heterocycles. The molecule has 0 unspecified atom stereocenters. The predicted octanol–water partition coefficient (Wildman–Crippen LogP) is 3.57. The molecule has 3 rings (SSSR count). The Morgan fingerprint density at radius 2 is 1.88 bits per heavy atom. The number of ether oxygens (including phenoxy) is 2. The first-order chi connectivity index (χ1) is 11.7. The fraction of sp³-hybridized carbons (Fsp3) is 0.350. The van der Waals surface area contributed by atoms with Gasteiger partial charge in [0.05, 0.1) is 7.11 Å². The van der Waals surface area contributed by atoms with Gasteiger partial charge in [-0.25, -0.2) is 0 Å². The van der Waals surface area contributed by atoms with Gasteiger partial charge in [0.15, 0.2) is 18.1 Å². The lowest BCUT2D eigenvalue weighted by molar-refractivity contribution is -0.134. The normalized spacial score (nSPS) is 13.4. The molecule has 2 aromatic rings. The maximum atomic E-state index is 12.6. The maximum absolute atomic E-state index is 12.6. The van der Waals surface area contributed by atoms with Gasteiger partial charge in [-0.2, -0.15) is 0 Å². The summed E-state index contributed by atoms with van der Waals surface area (Å²) < 4.78 is 11.0. The highest BCUT2D eigenvalue weighted by Gasteiger charge is 2.32. The van der Waals surface area contributed by atoms with E-state index < -0.39 is 0 Å². The Morgan fingerprint density at radius 3 is 2.54 bits per heavy atom. The van der Waals surface area contributed by atoms with Gasteiger partial charge >= 0.3 is 0 Å². The summed E-state index contributed by atoms with van der Waals surface area (Å²) in [7, 11) is 1.61. The zero-order valence-electron chi connectivity index (χ0n) is 14.2. The van der Waals surface area contributed by atoms with Crippen molar-refractivity contribution in [2.75, 3.05) is 13.7 Å². The highest BCUT2D eigenvalue weighted by atomic mass is 16.5. The van der Waals surface area contributed by atoms with E-state index in [1.54, 1.807) is 7.11 Å². The van der Waals surface area contributed by atoms with Crippen LogP contribution in [0.2, 0.25) is 0 Å². The van der Waals surface area contributed by atoms with Gasteiger partial charge < -0.3 is 14.4 Å². The molecule has 4 heteroatoms.